The molecule has 0 saturated heterocycles. The van der Waals surface area contributed by atoms with Crippen molar-refractivity contribution in [2.75, 3.05) is 31.1 Å². The van der Waals surface area contributed by atoms with Crippen molar-refractivity contribution in [3.05, 3.63) is 42.5 Å². The van der Waals surface area contributed by atoms with Crippen LogP contribution >= 0.6 is 0 Å². The van der Waals surface area contributed by atoms with Gasteiger partial charge < -0.3 is 26.0 Å². The summed E-state index contributed by atoms with van der Waals surface area (Å²) >= 11 is 0. The number of aliphatic carboxylic acids is 1. The summed E-state index contributed by atoms with van der Waals surface area (Å²) in [6.07, 6.45) is 0. The lowest BCUT2D eigenvalue weighted by atomic mass is 10.1. The second kappa shape index (κ2) is 10.5. The summed E-state index contributed by atoms with van der Waals surface area (Å²) < 4.78 is 0. The summed E-state index contributed by atoms with van der Waals surface area (Å²) in [5, 5.41) is 13.5. The predicted octanol–water partition coefficient (Wildman–Crippen LogP) is 0.142. The lowest BCUT2D eigenvalue weighted by molar-refractivity contribution is -0.145. The number of anilines is 1. The number of nitrogens with two attached hydrogens (primary N) is 1. The fraction of sp³-hybridized carbons (Fsp3) is 0.238. The van der Waals surface area contributed by atoms with Crippen LogP contribution in [0.4, 0.5) is 5.69 Å². The summed E-state index contributed by atoms with van der Waals surface area (Å²) in [7, 11) is 0. The zero-order valence-electron chi connectivity index (χ0n) is 16.4. The van der Waals surface area contributed by atoms with Gasteiger partial charge in [0.2, 0.25) is 17.7 Å². The quantitative estimate of drug-likeness (QED) is 0.398. The van der Waals surface area contributed by atoms with E-state index in [9.17, 15) is 19.2 Å². The molecule has 9 heteroatoms. The number of amides is 3. The Morgan fingerprint density at radius 1 is 1.00 bits per heavy atom. The molecule has 0 spiro atoms. The molecule has 30 heavy (non-hydrogen) atoms. The molecule has 0 aliphatic rings. The smallest absolute Gasteiger partial charge is 0.323 e. The van der Waals surface area contributed by atoms with Crippen molar-refractivity contribution in [2.24, 2.45) is 5.73 Å². The Bertz CT molecular complexity index is 1010. The molecule has 0 atom stereocenters. The first-order chi connectivity index (χ1) is 14.3. The number of nitrogens with zero attached hydrogens (tertiary/aromatic N) is 2. The Hall–Kier alpha value is -4.06. The maximum atomic E-state index is 12.8. The van der Waals surface area contributed by atoms with Gasteiger partial charge in [0.1, 0.15) is 19.6 Å². The van der Waals surface area contributed by atoms with Crippen molar-refractivity contribution < 1.29 is 24.3 Å². The van der Waals surface area contributed by atoms with Crippen LogP contribution in [0.5, 0.6) is 0 Å². The maximum absolute atomic E-state index is 12.8. The average molecular weight is 410 g/mol. The second-order valence-corrected chi connectivity index (χ2v) is 6.35. The third-order valence-electron chi connectivity index (χ3n) is 4.12. The lowest BCUT2D eigenvalue weighted by Gasteiger charge is -2.26. The first kappa shape index (κ1) is 22.2. The van der Waals surface area contributed by atoms with Crippen molar-refractivity contribution in [1.82, 2.24) is 10.2 Å². The predicted molar refractivity (Wildman–Crippen MR) is 111 cm³/mol. The average Bonchev–Trinajstić information content (AvgIpc) is 2.70. The molecule has 3 amide bonds. The molecular weight excluding hydrogens is 388 g/mol. The van der Waals surface area contributed by atoms with E-state index in [1.165, 1.54) is 4.90 Å². The third kappa shape index (κ3) is 6.24. The van der Waals surface area contributed by atoms with Gasteiger partial charge >= 0.3 is 5.97 Å². The molecule has 0 aliphatic heterocycles. The van der Waals surface area contributed by atoms with Crippen molar-refractivity contribution in [3.8, 4) is 12.0 Å². The second-order valence-electron chi connectivity index (χ2n) is 6.35. The van der Waals surface area contributed by atoms with Gasteiger partial charge in [-0.1, -0.05) is 36.3 Å². The van der Waals surface area contributed by atoms with Gasteiger partial charge in [0, 0.05) is 11.7 Å². The van der Waals surface area contributed by atoms with E-state index in [0.717, 1.165) is 15.7 Å². The van der Waals surface area contributed by atoms with Gasteiger partial charge in [-0.05, 0) is 29.8 Å². The van der Waals surface area contributed by atoms with Crippen LogP contribution < -0.4 is 16.0 Å². The van der Waals surface area contributed by atoms with Crippen molar-refractivity contribution in [2.45, 2.75) is 6.92 Å². The highest BCUT2D eigenvalue weighted by Crippen LogP contribution is 2.22. The number of hydrogen-bond acceptors (Lipinski definition) is 5. The molecule has 0 unspecified atom stereocenters. The van der Waals surface area contributed by atoms with E-state index in [1.807, 2.05) is 30.3 Å². The third-order valence-corrected chi connectivity index (χ3v) is 4.12. The van der Waals surface area contributed by atoms with E-state index in [2.05, 4.69) is 17.3 Å². The number of rotatable bonds is 9. The van der Waals surface area contributed by atoms with Crippen LogP contribution in [0.25, 0.3) is 10.8 Å². The number of carbonyl (C=O) groups is 4. The number of fused-ring (bicyclic) bond motifs is 1. The number of nitrogens with one attached hydrogen (secondary N) is 1. The fourth-order valence-electron chi connectivity index (χ4n) is 2.79. The Kier molecular flexibility index (Phi) is 7.76. The molecule has 4 N–H and O–H groups in total. The molecule has 0 aliphatic carbocycles. The molecule has 2 rings (SSSR count). The Labute approximate surface area is 173 Å². The standard InChI is InChI=1S/C21H22N4O5/c1-2-9-23-11-19(27)25(13-20(28)24(12-18(22)26)14-21(29)30)17-8-7-15-5-3-4-6-16(15)10-17/h3-8,10,23H,11-14H2,1H3,(H2,22,26)(H,29,30). The molecule has 9 nitrogen and oxygen atoms in total. The molecule has 2 aromatic carbocycles. The SMILES string of the molecule is CC#CNCC(=O)N(CC(=O)N(CC(N)=O)CC(=O)O)c1ccc2ccccc2c1. The number of carbonyl (C=O) groups excluding carboxylic acids is 3. The van der Waals surface area contributed by atoms with Gasteiger partial charge in [0.05, 0.1) is 6.54 Å². The van der Waals surface area contributed by atoms with Crippen LogP contribution in [-0.2, 0) is 19.2 Å². The summed E-state index contributed by atoms with van der Waals surface area (Å²) in [6.45, 7) is -0.282. The number of benzene rings is 2. The first-order valence-electron chi connectivity index (χ1n) is 9.03. The highest BCUT2D eigenvalue weighted by Gasteiger charge is 2.25. The number of carboxylic acids is 1. The highest BCUT2D eigenvalue weighted by molar-refractivity contribution is 6.02. The highest BCUT2D eigenvalue weighted by atomic mass is 16.4. The normalized spacial score (nSPS) is 9.90. The van der Waals surface area contributed by atoms with E-state index in [0.29, 0.717) is 5.69 Å². The van der Waals surface area contributed by atoms with Gasteiger partial charge in [-0.3, -0.25) is 19.2 Å². The van der Waals surface area contributed by atoms with Crippen LogP contribution in [-0.4, -0.2) is 59.9 Å². The zero-order valence-corrected chi connectivity index (χ0v) is 16.4. The molecule has 0 saturated carbocycles. The monoisotopic (exact) mass is 410 g/mol. The lowest BCUT2D eigenvalue weighted by Crippen LogP contribution is -2.48. The van der Waals surface area contributed by atoms with E-state index in [1.54, 1.807) is 19.1 Å². The Morgan fingerprint density at radius 3 is 2.33 bits per heavy atom. The number of carboxylic acid groups (broad SMARTS) is 1. The summed E-state index contributed by atoms with van der Waals surface area (Å²) in [6, 6.07) is 15.3. The van der Waals surface area contributed by atoms with Crippen molar-refractivity contribution in [1.29, 1.82) is 0 Å². The minimum Gasteiger partial charge on any atom is -0.480 e. The molecule has 0 radical (unpaired) electrons. The molecule has 0 aromatic heterocycles. The number of hydrogen-bond donors (Lipinski definition) is 3. The van der Waals surface area contributed by atoms with Crippen LogP contribution in [0, 0.1) is 12.0 Å². The van der Waals surface area contributed by atoms with Gasteiger partial charge in [-0.15, -0.1) is 0 Å². The minimum absolute atomic E-state index is 0.157. The maximum Gasteiger partial charge on any atom is 0.323 e. The first-order valence-corrected chi connectivity index (χ1v) is 9.03. The molecule has 0 heterocycles. The van der Waals surface area contributed by atoms with Crippen molar-refractivity contribution >= 4 is 40.2 Å². The molecule has 0 fully saturated rings. The van der Waals surface area contributed by atoms with Crippen LogP contribution in [0.15, 0.2) is 42.5 Å². The number of primary amides is 1. The van der Waals surface area contributed by atoms with E-state index >= 15 is 0 Å². The summed E-state index contributed by atoms with van der Waals surface area (Å²) in [5.41, 5.74) is 5.57. The van der Waals surface area contributed by atoms with E-state index < -0.39 is 43.3 Å². The van der Waals surface area contributed by atoms with E-state index in [-0.39, 0.29) is 6.54 Å². The molecule has 156 valence electrons. The van der Waals surface area contributed by atoms with Crippen LogP contribution in [0.2, 0.25) is 0 Å². The topological polar surface area (TPSA) is 133 Å². The Morgan fingerprint density at radius 2 is 1.70 bits per heavy atom. The fourth-order valence-corrected chi connectivity index (χ4v) is 2.79. The Balaban J connectivity index is 2.34. The molecule has 0 bridgehead atoms. The van der Waals surface area contributed by atoms with Crippen LogP contribution in [0.1, 0.15) is 6.92 Å². The van der Waals surface area contributed by atoms with Gasteiger partial charge in [-0.25, -0.2) is 0 Å². The van der Waals surface area contributed by atoms with E-state index in [4.69, 9.17) is 10.8 Å². The van der Waals surface area contributed by atoms with Crippen LogP contribution in [0.3, 0.4) is 0 Å². The van der Waals surface area contributed by atoms with Crippen molar-refractivity contribution in [3.63, 3.8) is 0 Å². The van der Waals surface area contributed by atoms with Gasteiger partial charge in [-0.2, -0.15) is 0 Å². The largest absolute Gasteiger partial charge is 0.480 e. The summed E-state index contributed by atoms with van der Waals surface area (Å²) in [5.74, 6) is -0.719. The minimum atomic E-state index is -1.30. The van der Waals surface area contributed by atoms with Gasteiger partial charge in [0.25, 0.3) is 0 Å². The molecule has 2 aromatic rings. The van der Waals surface area contributed by atoms with Gasteiger partial charge in [0.15, 0.2) is 0 Å². The zero-order chi connectivity index (χ0) is 22.1. The summed E-state index contributed by atoms with van der Waals surface area (Å²) in [4.78, 5) is 49.8. The molecular formula is C21H22N4O5.